The molecule has 0 amide bonds. The molecular weight excluding hydrogens is 330 g/mol. The van der Waals surface area contributed by atoms with Crippen molar-refractivity contribution in [2.24, 2.45) is 0 Å². The van der Waals surface area contributed by atoms with Crippen molar-refractivity contribution >= 4 is 21.6 Å². The van der Waals surface area contributed by atoms with Gasteiger partial charge in [-0.2, -0.15) is 0 Å². The van der Waals surface area contributed by atoms with Crippen LogP contribution in [0.2, 0.25) is 0 Å². The Morgan fingerprint density at radius 2 is 1.86 bits per heavy atom. The largest absolute Gasteiger partial charge is 0.495 e. The molecule has 0 spiro atoms. The van der Waals surface area contributed by atoms with Gasteiger partial charge in [0.2, 0.25) is 0 Å². The van der Waals surface area contributed by atoms with Crippen molar-refractivity contribution < 1.29 is 9.47 Å². The van der Waals surface area contributed by atoms with Crippen LogP contribution in [0.1, 0.15) is 25.5 Å². The fraction of sp³-hybridized carbons (Fsp3) is 0.294. The van der Waals surface area contributed by atoms with Gasteiger partial charge in [-0.3, -0.25) is 0 Å². The van der Waals surface area contributed by atoms with Gasteiger partial charge in [0, 0.05) is 17.8 Å². The summed E-state index contributed by atoms with van der Waals surface area (Å²) in [6, 6.07) is 14.3. The monoisotopic (exact) mass is 349 g/mol. The highest BCUT2D eigenvalue weighted by Crippen LogP contribution is 2.30. The van der Waals surface area contributed by atoms with Crippen molar-refractivity contribution in [3.05, 3.63) is 52.5 Å². The molecule has 21 heavy (non-hydrogen) atoms. The fourth-order valence-corrected chi connectivity index (χ4v) is 2.51. The summed E-state index contributed by atoms with van der Waals surface area (Å²) in [6.45, 7) is 4.80. The van der Waals surface area contributed by atoms with E-state index >= 15 is 0 Å². The van der Waals surface area contributed by atoms with Crippen molar-refractivity contribution in [1.29, 1.82) is 0 Å². The summed E-state index contributed by atoms with van der Waals surface area (Å²) < 4.78 is 11.7. The second kappa shape index (κ2) is 7.36. The Balaban J connectivity index is 2.08. The maximum absolute atomic E-state index is 5.46. The number of rotatable bonds is 6. The van der Waals surface area contributed by atoms with Crippen LogP contribution in [0.4, 0.5) is 5.69 Å². The van der Waals surface area contributed by atoms with Gasteiger partial charge in [-0.25, -0.2) is 0 Å². The highest BCUT2D eigenvalue weighted by atomic mass is 79.9. The van der Waals surface area contributed by atoms with E-state index in [0.717, 1.165) is 21.7 Å². The molecule has 0 heterocycles. The molecule has 0 aliphatic heterocycles. The number of ether oxygens (including phenoxy) is 2. The molecule has 4 heteroatoms. The number of hydrogen-bond acceptors (Lipinski definition) is 3. The van der Waals surface area contributed by atoms with Crippen LogP contribution in [0.5, 0.6) is 11.5 Å². The molecule has 0 saturated carbocycles. The lowest BCUT2D eigenvalue weighted by Crippen LogP contribution is -2.06. The summed E-state index contributed by atoms with van der Waals surface area (Å²) in [5, 5.41) is 3.47. The molecule has 0 bridgehead atoms. The molecule has 2 rings (SSSR count). The molecule has 1 unspecified atom stereocenters. The second-order valence-corrected chi connectivity index (χ2v) is 5.57. The minimum atomic E-state index is 0.201. The molecule has 0 aromatic heterocycles. The van der Waals surface area contributed by atoms with Crippen LogP contribution < -0.4 is 14.8 Å². The number of nitrogens with one attached hydrogen (secondary N) is 1. The van der Waals surface area contributed by atoms with Gasteiger partial charge in [-0.05, 0) is 59.6 Å². The van der Waals surface area contributed by atoms with Gasteiger partial charge >= 0.3 is 0 Å². The number of benzene rings is 2. The van der Waals surface area contributed by atoms with Gasteiger partial charge in [0.05, 0.1) is 18.2 Å². The first-order chi connectivity index (χ1) is 10.1. The van der Waals surface area contributed by atoms with E-state index in [2.05, 4.69) is 40.3 Å². The van der Waals surface area contributed by atoms with Crippen molar-refractivity contribution in [1.82, 2.24) is 0 Å². The van der Waals surface area contributed by atoms with Crippen LogP contribution in [0.25, 0.3) is 0 Å². The SMILES string of the molecule is CCOc1ccc(C(C)Nc2ccc(Br)c(OC)c2)cc1. The first kappa shape index (κ1) is 15.7. The second-order valence-electron chi connectivity index (χ2n) is 4.72. The molecule has 0 aliphatic rings. The molecule has 2 aromatic carbocycles. The zero-order chi connectivity index (χ0) is 15.2. The summed E-state index contributed by atoms with van der Waals surface area (Å²) in [4.78, 5) is 0. The van der Waals surface area contributed by atoms with Gasteiger partial charge in [0.1, 0.15) is 11.5 Å². The number of halogens is 1. The number of anilines is 1. The van der Waals surface area contributed by atoms with Gasteiger partial charge < -0.3 is 14.8 Å². The van der Waals surface area contributed by atoms with E-state index in [0.29, 0.717) is 6.61 Å². The van der Waals surface area contributed by atoms with Crippen LogP contribution in [0.15, 0.2) is 46.9 Å². The topological polar surface area (TPSA) is 30.5 Å². The zero-order valence-electron chi connectivity index (χ0n) is 12.5. The Morgan fingerprint density at radius 3 is 2.48 bits per heavy atom. The Kier molecular flexibility index (Phi) is 5.51. The van der Waals surface area contributed by atoms with Gasteiger partial charge in [-0.1, -0.05) is 12.1 Å². The maximum atomic E-state index is 5.46. The highest BCUT2D eigenvalue weighted by Gasteiger charge is 2.07. The van der Waals surface area contributed by atoms with E-state index in [9.17, 15) is 0 Å². The molecule has 1 atom stereocenters. The molecular formula is C17H20BrNO2. The zero-order valence-corrected chi connectivity index (χ0v) is 14.1. The fourth-order valence-electron chi connectivity index (χ4n) is 2.10. The third-order valence-electron chi connectivity index (χ3n) is 3.23. The maximum Gasteiger partial charge on any atom is 0.135 e. The molecule has 3 nitrogen and oxygen atoms in total. The van der Waals surface area contributed by atoms with Gasteiger partial charge in [0.15, 0.2) is 0 Å². The smallest absolute Gasteiger partial charge is 0.135 e. The van der Waals surface area contributed by atoms with E-state index in [1.54, 1.807) is 7.11 Å². The minimum absolute atomic E-state index is 0.201. The lowest BCUT2D eigenvalue weighted by molar-refractivity contribution is 0.340. The first-order valence-electron chi connectivity index (χ1n) is 6.97. The summed E-state index contributed by atoms with van der Waals surface area (Å²) in [5.74, 6) is 1.72. The molecule has 0 radical (unpaired) electrons. The quantitative estimate of drug-likeness (QED) is 0.793. The summed E-state index contributed by atoms with van der Waals surface area (Å²) in [5.41, 5.74) is 2.23. The normalized spacial score (nSPS) is 11.8. The van der Waals surface area contributed by atoms with Crippen LogP contribution in [-0.2, 0) is 0 Å². The van der Waals surface area contributed by atoms with E-state index in [-0.39, 0.29) is 6.04 Å². The predicted octanol–water partition coefficient (Wildman–Crippen LogP) is 5.03. The van der Waals surface area contributed by atoms with Gasteiger partial charge in [0.25, 0.3) is 0 Å². The number of methoxy groups -OCH3 is 1. The van der Waals surface area contributed by atoms with E-state index < -0.39 is 0 Å². The molecule has 2 aromatic rings. The summed E-state index contributed by atoms with van der Waals surface area (Å²) >= 11 is 3.46. The predicted molar refractivity (Wildman–Crippen MR) is 90.3 cm³/mol. The van der Waals surface area contributed by atoms with Crippen molar-refractivity contribution in [3.63, 3.8) is 0 Å². The molecule has 0 aliphatic carbocycles. The minimum Gasteiger partial charge on any atom is -0.495 e. The lowest BCUT2D eigenvalue weighted by atomic mass is 10.1. The van der Waals surface area contributed by atoms with E-state index in [4.69, 9.17) is 9.47 Å². The van der Waals surface area contributed by atoms with Crippen LogP contribution in [-0.4, -0.2) is 13.7 Å². The van der Waals surface area contributed by atoms with Crippen LogP contribution in [0.3, 0.4) is 0 Å². The number of hydrogen-bond donors (Lipinski definition) is 1. The standard InChI is InChI=1S/C17H20BrNO2/c1-4-21-15-8-5-13(6-9-15)12(2)19-14-7-10-16(18)17(11-14)20-3/h5-12,19H,4H2,1-3H3. The Bertz CT molecular complexity index is 584. The Labute approximate surface area is 134 Å². The average molecular weight is 350 g/mol. The van der Waals surface area contributed by atoms with Crippen molar-refractivity contribution in [2.45, 2.75) is 19.9 Å². The highest BCUT2D eigenvalue weighted by molar-refractivity contribution is 9.10. The third-order valence-corrected chi connectivity index (χ3v) is 3.88. The van der Waals surface area contributed by atoms with E-state index in [1.165, 1.54) is 5.56 Å². The molecule has 0 fully saturated rings. The average Bonchev–Trinajstić information content (AvgIpc) is 2.50. The van der Waals surface area contributed by atoms with Crippen molar-refractivity contribution in [3.8, 4) is 11.5 Å². The van der Waals surface area contributed by atoms with Gasteiger partial charge in [-0.15, -0.1) is 0 Å². The molecule has 1 N–H and O–H groups in total. The Hall–Kier alpha value is -1.68. The third kappa shape index (κ3) is 4.14. The van der Waals surface area contributed by atoms with Crippen LogP contribution in [0, 0.1) is 0 Å². The molecule has 112 valence electrons. The van der Waals surface area contributed by atoms with E-state index in [1.807, 2.05) is 37.3 Å². The van der Waals surface area contributed by atoms with Crippen molar-refractivity contribution in [2.75, 3.05) is 19.0 Å². The molecule has 0 saturated heterocycles. The summed E-state index contributed by atoms with van der Waals surface area (Å²) in [6.07, 6.45) is 0. The van der Waals surface area contributed by atoms with Crippen LogP contribution >= 0.6 is 15.9 Å². The first-order valence-corrected chi connectivity index (χ1v) is 7.76. The summed E-state index contributed by atoms with van der Waals surface area (Å²) in [7, 11) is 1.67. The Morgan fingerprint density at radius 1 is 1.14 bits per heavy atom. The lowest BCUT2D eigenvalue weighted by Gasteiger charge is -2.17.